The Balaban J connectivity index is 2.13. The molecule has 6 nitrogen and oxygen atoms in total. The van der Waals surface area contributed by atoms with Crippen LogP contribution in [-0.2, 0) is 13.6 Å². The monoisotopic (exact) mass is 207 g/mol. The average Bonchev–Trinajstić information content (AvgIpc) is 2.83. The van der Waals surface area contributed by atoms with E-state index in [1.165, 1.54) is 0 Å². The van der Waals surface area contributed by atoms with E-state index in [9.17, 15) is 0 Å². The van der Waals surface area contributed by atoms with Crippen LogP contribution in [0, 0.1) is 0 Å². The van der Waals surface area contributed by atoms with Crippen LogP contribution < -0.4 is 5.32 Å². The van der Waals surface area contributed by atoms with E-state index in [0.29, 0.717) is 24.0 Å². The highest BCUT2D eigenvalue weighted by atomic mass is 16.5. The zero-order valence-electron chi connectivity index (χ0n) is 8.77. The molecule has 0 saturated heterocycles. The zero-order valence-corrected chi connectivity index (χ0v) is 8.77. The Kier molecular flexibility index (Phi) is 2.77. The molecule has 15 heavy (non-hydrogen) atoms. The van der Waals surface area contributed by atoms with Gasteiger partial charge in [0, 0.05) is 13.2 Å². The maximum atomic E-state index is 5.08. The number of nitrogens with zero attached hydrogens (tertiary/aromatic N) is 4. The molecule has 2 rings (SSSR count). The lowest BCUT2D eigenvalue weighted by Gasteiger charge is -1.92. The third-order valence-corrected chi connectivity index (χ3v) is 1.93. The van der Waals surface area contributed by atoms with Gasteiger partial charge in [0.05, 0.1) is 6.54 Å². The van der Waals surface area contributed by atoms with Gasteiger partial charge in [-0.2, -0.15) is 10.1 Å². The van der Waals surface area contributed by atoms with E-state index in [2.05, 4.69) is 20.6 Å². The lowest BCUT2D eigenvalue weighted by Crippen LogP contribution is -2.12. The molecule has 0 spiro atoms. The highest BCUT2D eigenvalue weighted by Crippen LogP contribution is 2.13. The molecule has 1 N–H and O–H groups in total. The van der Waals surface area contributed by atoms with Crippen molar-refractivity contribution in [2.45, 2.75) is 13.5 Å². The predicted molar refractivity (Wildman–Crippen MR) is 53.9 cm³/mol. The molecule has 0 aliphatic heterocycles. The Morgan fingerprint density at radius 2 is 2.40 bits per heavy atom. The highest BCUT2D eigenvalue weighted by molar-refractivity contribution is 5.44. The molecule has 2 heterocycles. The first-order chi connectivity index (χ1) is 7.29. The van der Waals surface area contributed by atoms with Crippen LogP contribution >= 0.6 is 0 Å². The van der Waals surface area contributed by atoms with Crippen molar-refractivity contribution in [3.05, 3.63) is 18.1 Å². The number of hydrogen-bond donors (Lipinski definition) is 1. The zero-order chi connectivity index (χ0) is 10.7. The number of aromatic nitrogens is 4. The van der Waals surface area contributed by atoms with E-state index in [4.69, 9.17) is 4.52 Å². The van der Waals surface area contributed by atoms with Gasteiger partial charge in [-0.3, -0.25) is 4.68 Å². The predicted octanol–water partition coefficient (Wildman–Crippen LogP) is 0.580. The first kappa shape index (κ1) is 9.85. The van der Waals surface area contributed by atoms with Gasteiger partial charge < -0.3 is 9.84 Å². The number of aryl methyl sites for hydroxylation is 1. The summed E-state index contributed by atoms with van der Waals surface area (Å²) in [6.45, 7) is 3.53. The van der Waals surface area contributed by atoms with Crippen molar-refractivity contribution >= 4 is 0 Å². The summed E-state index contributed by atoms with van der Waals surface area (Å²) in [5.41, 5.74) is 0.702. The van der Waals surface area contributed by atoms with Crippen molar-refractivity contribution in [3.8, 4) is 11.6 Å². The van der Waals surface area contributed by atoms with Crippen molar-refractivity contribution < 1.29 is 4.52 Å². The van der Waals surface area contributed by atoms with Crippen LogP contribution in [0.4, 0.5) is 0 Å². The second kappa shape index (κ2) is 4.22. The van der Waals surface area contributed by atoms with Crippen molar-refractivity contribution in [2.24, 2.45) is 7.05 Å². The third kappa shape index (κ3) is 2.21. The molecule has 0 amide bonds. The number of hydrogen-bond acceptors (Lipinski definition) is 5. The van der Waals surface area contributed by atoms with Gasteiger partial charge in [0.1, 0.15) is 0 Å². The normalized spacial score (nSPS) is 10.8. The minimum atomic E-state index is 0.462. The molecule has 0 saturated carbocycles. The summed E-state index contributed by atoms with van der Waals surface area (Å²) in [6, 6.07) is 1.84. The van der Waals surface area contributed by atoms with Gasteiger partial charge in [0.25, 0.3) is 5.89 Å². The fourth-order valence-electron chi connectivity index (χ4n) is 1.20. The summed E-state index contributed by atoms with van der Waals surface area (Å²) in [5, 5.41) is 11.1. The first-order valence-electron chi connectivity index (χ1n) is 4.83. The van der Waals surface area contributed by atoms with E-state index in [0.717, 1.165) is 6.54 Å². The molecule has 0 unspecified atom stereocenters. The van der Waals surface area contributed by atoms with Crippen molar-refractivity contribution in [3.63, 3.8) is 0 Å². The Labute approximate surface area is 87.3 Å². The lowest BCUT2D eigenvalue weighted by molar-refractivity contribution is 0.418. The Hall–Kier alpha value is -1.69. The SMILES string of the molecule is CCNCc1noc(-c2ccn(C)n2)n1. The van der Waals surface area contributed by atoms with Crippen LogP contribution in [0.25, 0.3) is 11.6 Å². The van der Waals surface area contributed by atoms with Crippen LogP contribution in [0.2, 0.25) is 0 Å². The van der Waals surface area contributed by atoms with Crippen LogP contribution in [0.1, 0.15) is 12.7 Å². The van der Waals surface area contributed by atoms with Gasteiger partial charge in [-0.25, -0.2) is 0 Å². The minimum Gasteiger partial charge on any atom is -0.332 e. The first-order valence-corrected chi connectivity index (χ1v) is 4.83. The van der Waals surface area contributed by atoms with Gasteiger partial charge in [-0.1, -0.05) is 12.1 Å². The van der Waals surface area contributed by atoms with Gasteiger partial charge in [0.2, 0.25) is 0 Å². The van der Waals surface area contributed by atoms with Gasteiger partial charge in [-0.05, 0) is 12.6 Å². The summed E-state index contributed by atoms with van der Waals surface area (Å²) in [5.74, 6) is 1.11. The third-order valence-electron chi connectivity index (χ3n) is 1.93. The largest absolute Gasteiger partial charge is 0.332 e. The number of rotatable bonds is 4. The number of nitrogens with one attached hydrogen (secondary N) is 1. The van der Waals surface area contributed by atoms with Crippen molar-refractivity contribution in [1.82, 2.24) is 25.2 Å². The van der Waals surface area contributed by atoms with E-state index in [1.807, 2.05) is 26.2 Å². The minimum absolute atomic E-state index is 0.462. The fraction of sp³-hybridized carbons (Fsp3) is 0.444. The quantitative estimate of drug-likeness (QED) is 0.794. The van der Waals surface area contributed by atoms with E-state index in [1.54, 1.807) is 4.68 Å². The molecule has 0 fully saturated rings. The standard InChI is InChI=1S/C9H13N5O/c1-3-10-6-8-11-9(15-13-8)7-4-5-14(2)12-7/h4-5,10H,3,6H2,1-2H3. The molecule has 80 valence electrons. The van der Waals surface area contributed by atoms with E-state index < -0.39 is 0 Å². The Morgan fingerprint density at radius 1 is 1.53 bits per heavy atom. The van der Waals surface area contributed by atoms with Gasteiger partial charge >= 0.3 is 0 Å². The van der Waals surface area contributed by atoms with Crippen LogP contribution in [0.3, 0.4) is 0 Å². The summed E-state index contributed by atoms with van der Waals surface area (Å²) in [6.07, 6.45) is 1.84. The molecule has 0 aromatic carbocycles. The Bertz CT molecular complexity index is 433. The molecule has 2 aromatic rings. The summed E-state index contributed by atoms with van der Waals surface area (Å²) in [7, 11) is 1.85. The topological polar surface area (TPSA) is 68.8 Å². The molecule has 0 bridgehead atoms. The molecule has 0 radical (unpaired) electrons. The smallest absolute Gasteiger partial charge is 0.278 e. The maximum Gasteiger partial charge on any atom is 0.278 e. The van der Waals surface area contributed by atoms with Gasteiger partial charge in [-0.15, -0.1) is 0 Å². The Morgan fingerprint density at radius 3 is 3.07 bits per heavy atom. The van der Waals surface area contributed by atoms with Gasteiger partial charge in [0.15, 0.2) is 11.5 Å². The summed E-state index contributed by atoms with van der Waals surface area (Å²) in [4.78, 5) is 4.22. The molecular weight excluding hydrogens is 194 g/mol. The fourth-order valence-corrected chi connectivity index (χ4v) is 1.20. The van der Waals surface area contributed by atoms with Crippen LogP contribution in [0.15, 0.2) is 16.8 Å². The molecule has 0 aliphatic rings. The summed E-state index contributed by atoms with van der Waals surface area (Å²) < 4.78 is 6.78. The van der Waals surface area contributed by atoms with Crippen molar-refractivity contribution in [2.75, 3.05) is 6.54 Å². The van der Waals surface area contributed by atoms with E-state index >= 15 is 0 Å². The van der Waals surface area contributed by atoms with Crippen LogP contribution in [0.5, 0.6) is 0 Å². The molecule has 2 aromatic heterocycles. The second-order valence-corrected chi connectivity index (χ2v) is 3.17. The highest BCUT2D eigenvalue weighted by Gasteiger charge is 2.10. The summed E-state index contributed by atoms with van der Waals surface area (Å²) >= 11 is 0. The van der Waals surface area contributed by atoms with Crippen LogP contribution in [-0.4, -0.2) is 26.5 Å². The molecule has 0 aliphatic carbocycles. The van der Waals surface area contributed by atoms with E-state index in [-0.39, 0.29) is 0 Å². The maximum absolute atomic E-state index is 5.08. The average molecular weight is 207 g/mol. The molecule has 0 atom stereocenters. The molecular formula is C9H13N5O. The molecule has 6 heteroatoms. The lowest BCUT2D eigenvalue weighted by atomic mass is 10.4. The second-order valence-electron chi connectivity index (χ2n) is 3.17. The van der Waals surface area contributed by atoms with Crippen molar-refractivity contribution in [1.29, 1.82) is 0 Å².